The van der Waals surface area contributed by atoms with Crippen LogP contribution in [0.25, 0.3) is 0 Å². The second kappa shape index (κ2) is 5.50. The molecule has 96 valence electrons. The Kier molecular flexibility index (Phi) is 3.59. The fourth-order valence-corrected chi connectivity index (χ4v) is 1.32. The summed E-state index contributed by atoms with van der Waals surface area (Å²) in [5.74, 6) is 0.131. The lowest BCUT2D eigenvalue weighted by molar-refractivity contribution is 0.101. The number of nitriles is 1. The van der Waals surface area contributed by atoms with E-state index in [0.717, 1.165) is 0 Å². The van der Waals surface area contributed by atoms with Gasteiger partial charge in [-0.3, -0.25) is 9.89 Å². The van der Waals surface area contributed by atoms with Crippen molar-refractivity contribution >= 4 is 17.5 Å². The predicted molar refractivity (Wildman–Crippen MR) is 66.3 cm³/mol. The number of nitrogens with two attached hydrogens (primary N) is 1. The third-order valence-corrected chi connectivity index (χ3v) is 2.13. The van der Waals surface area contributed by atoms with Crippen molar-refractivity contribution in [3.05, 3.63) is 30.1 Å². The van der Waals surface area contributed by atoms with Crippen molar-refractivity contribution in [2.24, 2.45) is 0 Å². The second-order valence-electron chi connectivity index (χ2n) is 3.47. The number of ether oxygens (including phenoxy) is 1. The van der Waals surface area contributed by atoms with E-state index in [1.807, 2.05) is 6.07 Å². The molecule has 2 rings (SSSR count). The van der Waals surface area contributed by atoms with Crippen LogP contribution < -0.4 is 15.8 Å². The van der Waals surface area contributed by atoms with Gasteiger partial charge < -0.3 is 15.8 Å². The van der Waals surface area contributed by atoms with Crippen LogP contribution in [-0.4, -0.2) is 27.7 Å². The first kappa shape index (κ1) is 12.4. The Morgan fingerprint density at radius 3 is 2.79 bits per heavy atom. The number of nitrogen functional groups attached to an aromatic ring is 1. The van der Waals surface area contributed by atoms with Crippen LogP contribution in [0.4, 0.5) is 11.6 Å². The van der Waals surface area contributed by atoms with E-state index >= 15 is 0 Å². The van der Waals surface area contributed by atoms with Gasteiger partial charge in [0.15, 0.2) is 6.61 Å². The number of carbonyl (C=O) groups is 1. The molecule has 0 atom stereocenters. The number of nitrogens with one attached hydrogen (secondary N) is 2. The predicted octanol–water partition coefficient (Wildman–Crippen LogP) is 0.542. The van der Waals surface area contributed by atoms with Crippen LogP contribution in [0.3, 0.4) is 0 Å². The fourth-order valence-electron chi connectivity index (χ4n) is 1.32. The standard InChI is InChI=1S/C11H10N6O2/c12-5-6-19-8-3-1-7(2-4-8)14-10(18)9-15-11(13)17-16-9/h1-4H,6H2,(H,14,18)(H3,13,15,16,17). The van der Waals surface area contributed by atoms with Crippen molar-refractivity contribution < 1.29 is 9.53 Å². The number of benzene rings is 1. The molecule has 0 bridgehead atoms. The maximum atomic E-state index is 11.7. The summed E-state index contributed by atoms with van der Waals surface area (Å²) < 4.78 is 5.08. The second-order valence-corrected chi connectivity index (χ2v) is 3.47. The smallest absolute Gasteiger partial charge is 0.293 e. The molecular weight excluding hydrogens is 248 g/mol. The van der Waals surface area contributed by atoms with Crippen molar-refractivity contribution in [1.82, 2.24) is 15.2 Å². The fraction of sp³-hybridized carbons (Fsp3) is 0.0909. The Balaban J connectivity index is 2.00. The lowest BCUT2D eigenvalue weighted by Crippen LogP contribution is -2.13. The summed E-state index contributed by atoms with van der Waals surface area (Å²) in [7, 11) is 0. The van der Waals surface area contributed by atoms with Gasteiger partial charge in [0.1, 0.15) is 11.8 Å². The lowest BCUT2D eigenvalue weighted by atomic mass is 10.3. The van der Waals surface area contributed by atoms with E-state index in [1.165, 1.54) is 0 Å². The van der Waals surface area contributed by atoms with Crippen molar-refractivity contribution in [1.29, 1.82) is 5.26 Å². The SMILES string of the molecule is N#CCOc1ccc(NC(=O)c2nc(N)n[nH]2)cc1. The van der Waals surface area contributed by atoms with Gasteiger partial charge in [0, 0.05) is 5.69 Å². The van der Waals surface area contributed by atoms with E-state index in [2.05, 4.69) is 20.5 Å². The summed E-state index contributed by atoms with van der Waals surface area (Å²) in [5, 5.41) is 16.9. The maximum Gasteiger partial charge on any atom is 0.293 e. The highest BCUT2D eigenvalue weighted by Crippen LogP contribution is 2.15. The van der Waals surface area contributed by atoms with Crippen LogP contribution in [-0.2, 0) is 0 Å². The normalized spacial score (nSPS) is 9.63. The average Bonchev–Trinajstić information content (AvgIpc) is 2.85. The highest BCUT2D eigenvalue weighted by Gasteiger charge is 2.10. The van der Waals surface area contributed by atoms with Gasteiger partial charge in [0.2, 0.25) is 11.8 Å². The minimum Gasteiger partial charge on any atom is -0.479 e. The van der Waals surface area contributed by atoms with E-state index in [0.29, 0.717) is 11.4 Å². The van der Waals surface area contributed by atoms with Crippen molar-refractivity contribution in [3.8, 4) is 11.8 Å². The van der Waals surface area contributed by atoms with Crippen LogP contribution in [0, 0.1) is 11.3 Å². The summed E-state index contributed by atoms with van der Waals surface area (Å²) in [5.41, 5.74) is 5.86. The molecule has 1 aromatic heterocycles. The first-order valence-corrected chi connectivity index (χ1v) is 5.28. The van der Waals surface area contributed by atoms with E-state index in [-0.39, 0.29) is 18.4 Å². The van der Waals surface area contributed by atoms with Crippen LogP contribution in [0.5, 0.6) is 5.75 Å². The number of nitrogens with zero attached hydrogens (tertiary/aromatic N) is 3. The number of hydrogen-bond acceptors (Lipinski definition) is 6. The summed E-state index contributed by atoms with van der Waals surface area (Å²) in [6, 6.07) is 8.43. The summed E-state index contributed by atoms with van der Waals surface area (Å²) in [6.45, 7) is -0.0248. The molecular formula is C11H10N6O2. The number of rotatable bonds is 4. The summed E-state index contributed by atoms with van der Waals surface area (Å²) >= 11 is 0. The number of carbonyl (C=O) groups excluding carboxylic acids is 1. The third-order valence-electron chi connectivity index (χ3n) is 2.13. The zero-order chi connectivity index (χ0) is 13.7. The molecule has 4 N–H and O–H groups in total. The number of amides is 1. The Morgan fingerprint density at radius 1 is 1.47 bits per heavy atom. The molecule has 0 saturated carbocycles. The molecule has 8 nitrogen and oxygen atoms in total. The molecule has 1 heterocycles. The molecule has 0 spiro atoms. The molecule has 19 heavy (non-hydrogen) atoms. The maximum absolute atomic E-state index is 11.7. The zero-order valence-corrected chi connectivity index (χ0v) is 9.75. The molecule has 0 aliphatic rings. The number of anilines is 2. The van der Waals surface area contributed by atoms with Crippen LogP contribution in [0.2, 0.25) is 0 Å². The highest BCUT2D eigenvalue weighted by molar-refractivity contribution is 6.01. The third kappa shape index (κ3) is 3.19. The van der Waals surface area contributed by atoms with Gasteiger partial charge in [-0.25, -0.2) is 0 Å². The van der Waals surface area contributed by atoms with Crippen LogP contribution in [0.15, 0.2) is 24.3 Å². The van der Waals surface area contributed by atoms with E-state index in [4.69, 9.17) is 15.7 Å². The molecule has 1 amide bonds. The molecule has 1 aromatic carbocycles. The summed E-state index contributed by atoms with van der Waals surface area (Å²) in [4.78, 5) is 15.4. The van der Waals surface area contributed by atoms with E-state index < -0.39 is 5.91 Å². The molecule has 0 radical (unpaired) electrons. The van der Waals surface area contributed by atoms with Crippen LogP contribution in [0.1, 0.15) is 10.6 Å². The number of hydrogen-bond donors (Lipinski definition) is 3. The molecule has 0 unspecified atom stereocenters. The number of aromatic nitrogens is 3. The number of aromatic amines is 1. The molecule has 2 aromatic rings. The van der Waals surface area contributed by atoms with Crippen molar-refractivity contribution in [2.75, 3.05) is 17.7 Å². The molecule has 0 aliphatic carbocycles. The quantitative estimate of drug-likeness (QED) is 0.733. The lowest BCUT2D eigenvalue weighted by Gasteiger charge is -2.04. The minimum atomic E-state index is -0.449. The first-order valence-electron chi connectivity index (χ1n) is 5.28. The van der Waals surface area contributed by atoms with Gasteiger partial charge in [-0.1, -0.05) is 0 Å². The average molecular weight is 258 g/mol. The van der Waals surface area contributed by atoms with Crippen molar-refractivity contribution in [2.45, 2.75) is 0 Å². The van der Waals surface area contributed by atoms with Crippen molar-refractivity contribution in [3.63, 3.8) is 0 Å². The molecule has 8 heteroatoms. The molecule has 0 saturated heterocycles. The Bertz CT molecular complexity index is 613. The largest absolute Gasteiger partial charge is 0.479 e. The topological polar surface area (TPSA) is 130 Å². The van der Waals surface area contributed by atoms with Gasteiger partial charge in [0.25, 0.3) is 5.91 Å². The van der Waals surface area contributed by atoms with Gasteiger partial charge in [0.05, 0.1) is 0 Å². The monoisotopic (exact) mass is 258 g/mol. The van der Waals surface area contributed by atoms with Gasteiger partial charge >= 0.3 is 0 Å². The highest BCUT2D eigenvalue weighted by atomic mass is 16.5. The van der Waals surface area contributed by atoms with Gasteiger partial charge in [-0.05, 0) is 24.3 Å². The Hall–Kier alpha value is -3.08. The first-order chi connectivity index (χ1) is 9.19. The van der Waals surface area contributed by atoms with Crippen LogP contribution >= 0.6 is 0 Å². The molecule has 0 aliphatic heterocycles. The summed E-state index contributed by atoms with van der Waals surface area (Å²) in [6.07, 6.45) is 0. The minimum absolute atomic E-state index is 0.00500. The Morgan fingerprint density at radius 2 is 2.21 bits per heavy atom. The molecule has 0 fully saturated rings. The number of H-pyrrole nitrogens is 1. The van der Waals surface area contributed by atoms with E-state index in [1.54, 1.807) is 24.3 Å². The van der Waals surface area contributed by atoms with Gasteiger partial charge in [-0.2, -0.15) is 10.2 Å². The van der Waals surface area contributed by atoms with E-state index in [9.17, 15) is 4.79 Å². The zero-order valence-electron chi connectivity index (χ0n) is 9.75. The Labute approximate surface area is 108 Å². The van der Waals surface area contributed by atoms with Gasteiger partial charge in [-0.15, -0.1) is 5.10 Å².